The van der Waals surface area contributed by atoms with Gasteiger partial charge in [0.25, 0.3) is 0 Å². The van der Waals surface area contributed by atoms with E-state index in [1.54, 1.807) is 0 Å². The molecule has 0 saturated carbocycles. The number of nitrogens with zero attached hydrogens (tertiary/aromatic N) is 4. The predicted molar refractivity (Wildman–Crippen MR) is 103 cm³/mol. The summed E-state index contributed by atoms with van der Waals surface area (Å²) in [6.45, 7) is 2.99. The van der Waals surface area contributed by atoms with Crippen LogP contribution in [0.5, 0.6) is 0 Å². The Morgan fingerprint density at radius 3 is 2.52 bits per heavy atom. The molecule has 0 amide bonds. The van der Waals surface area contributed by atoms with E-state index in [-0.39, 0.29) is 0 Å². The van der Waals surface area contributed by atoms with Crippen molar-refractivity contribution in [3.63, 3.8) is 0 Å². The molecule has 4 heteroatoms. The number of hydrogen-bond acceptors (Lipinski definition) is 3. The van der Waals surface area contributed by atoms with Crippen LogP contribution in [0.1, 0.15) is 6.92 Å². The van der Waals surface area contributed by atoms with Crippen molar-refractivity contribution in [1.29, 1.82) is 0 Å². The summed E-state index contributed by atoms with van der Waals surface area (Å²) < 4.78 is 2.02. The number of benzene rings is 2. The fourth-order valence-electron chi connectivity index (χ4n) is 3.13. The monoisotopic (exact) mass is 328 g/mol. The van der Waals surface area contributed by atoms with Crippen LogP contribution in [0.4, 0.5) is 11.5 Å². The minimum absolute atomic E-state index is 0.842. The van der Waals surface area contributed by atoms with Crippen molar-refractivity contribution in [2.24, 2.45) is 7.05 Å². The zero-order valence-electron chi connectivity index (χ0n) is 14.4. The average Bonchev–Trinajstić information content (AvgIpc) is 3.04. The van der Waals surface area contributed by atoms with Crippen molar-refractivity contribution in [1.82, 2.24) is 14.5 Å². The molecule has 2 aromatic heterocycles. The zero-order chi connectivity index (χ0) is 17.2. The molecule has 4 rings (SSSR count). The van der Waals surface area contributed by atoms with Crippen molar-refractivity contribution in [2.75, 3.05) is 11.4 Å². The number of aromatic nitrogens is 3. The van der Waals surface area contributed by atoms with Crippen LogP contribution in [-0.4, -0.2) is 21.1 Å². The van der Waals surface area contributed by atoms with Gasteiger partial charge in [-0.1, -0.05) is 42.5 Å². The standard InChI is InChI=1S/C21H20N4/c1-3-25(21-13-20-19(14-22-21)23-15-24(20)2)18-11-7-10-17(12-18)16-8-5-4-6-9-16/h4-15H,3H2,1-2H3. The lowest BCUT2D eigenvalue weighted by atomic mass is 10.0. The van der Waals surface area contributed by atoms with E-state index < -0.39 is 0 Å². The number of fused-ring (bicyclic) bond motifs is 1. The minimum atomic E-state index is 0.842. The van der Waals surface area contributed by atoms with Crippen LogP contribution >= 0.6 is 0 Å². The molecule has 0 fully saturated rings. The molecule has 25 heavy (non-hydrogen) atoms. The van der Waals surface area contributed by atoms with Crippen LogP contribution in [0.15, 0.2) is 73.2 Å². The number of imidazole rings is 1. The third-order valence-electron chi connectivity index (χ3n) is 4.46. The molecular weight excluding hydrogens is 308 g/mol. The Morgan fingerprint density at radius 1 is 0.920 bits per heavy atom. The number of rotatable bonds is 4. The predicted octanol–water partition coefficient (Wildman–Crippen LogP) is 4.79. The molecule has 2 aromatic carbocycles. The van der Waals surface area contributed by atoms with Gasteiger partial charge in [0.05, 0.1) is 18.0 Å². The zero-order valence-corrected chi connectivity index (χ0v) is 14.4. The van der Waals surface area contributed by atoms with Gasteiger partial charge in [-0.2, -0.15) is 0 Å². The summed E-state index contributed by atoms with van der Waals surface area (Å²) in [6, 6.07) is 21.1. The first-order chi connectivity index (χ1) is 12.3. The lowest BCUT2D eigenvalue weighted by Gasteiger charge is -2.23. The third kappa shape index (κ3) is 2.87. The van der Waals surface area contributed by atoms with Crippen LogP contribution in [0.25, 0.3) is 22.2 Å². The lowest BCUT2D eigenvalue weighted by Crippen LogP contribution is -2.17. The summed E-state index contributed by atoms with van der Waals surface area (Å²) in [5, 5.41) is 0. The summed E-state index contributed by atoms with van der Waals surface area (Å²) in [7, 11) is 2.01. The van der Waals surface area contributed by atoms with Crippen LogP contribution in [-0.2, 0) is 7.05 Å². The first-order valence-electron chi connectivity index (χ1n) is 8.46. The van der Waals surface area contributed by atoms with E-state index in [0.29, 0.717) is 0 Å². The minimum Gasteiger partial charge on any atom is -0.334 e. The summed E-state index contributed by atoms with van der Waals surface area (Å²) in [5.74, 6) is 0.934. The van der Waals surface area contributed by atoms with Gasteiger partial charge in [0.1, 0.15) is 11.3 Å². The Labute approximate surface area is 147 Å². The average molecular weight is 328 g/mol. The van der Waals surface area contributed by atoms with E-state index in [0.717, 1.165) is 29.1 Å². The number of aryl methyl sites for hydroxylation is 1. The second-order valence-electron chi connectivity index (χ2n) is 6.05. The Balaban J connectivity index is 1.76. The molecule has 4 aromatic rings. The summed E-state index contributed by atoms with van der Waals surface area (Å²) in [4.78, 5) is 11.2. The molecule has 124 valence electrons. The van der Waals surface area contributed by atoms with Gasteiger partial charge in [-0.15, -0.1) is 0 Å². The summed E-state index contributed by atoms with van der Waals surface area (Å²) in [5.41, 5.74) is 5.56. The quantitative estimate of drug-likeness (QED) is 0.540. The van der Waals surface area contributed by atoms with E-state index >= 15 is 0 Å². The van der Waals surface area contributed by atoms with Gasteiger partial charge in [-0.3, -0.25) is 0 Å². The molecule has 0 unspecified atom stereocenters. The summed E-state index contributed by atoms with van der Waals surface area (Å²) in [6.07, 6.45) is 3.66. The molecule has 0 radical (unpaired) electrons. The molecule has 0 bridgehead atoms. The highest BCUT2D eigenvalue weighted by molar-refractivity contribution is 5.79. The van der Waals surface area contributed by atoms with Crippen LogP contribution < -0.4 is 4.90 Å². The first-order valence-corrected chi connectivity index (χ1v) is 8.46. The molecular formula is C21H20N4. The Bertz CT molecular complexity index is 1000. The molecule has 0 spiro atoms. The molecule has 0 atom stereocenters. The van der Waals surface area contributed by atoms with Crippen molar-refractivity contribution >= 4 is 22.5 Å². The summed E-state index contributed by atoms with van der Waals surface area (Å²) >= 11 is 0. The fraction of sp³-hybridized carbons (Fsp3) is 0.143. The molecule has 4 nitrogen and oxygen atoms in total. The Morgan fingerprint density at radius 2 is 1.72 bits per heavy atom. The molecule has 0 aliphatic carbocycles. The molecule has 0 N–H and O–H groups in total. The van der Waals surface area contributed by atoms with E-state index in [1.165, 1.54) is 11.1 Å². The second kappa shape index (κ2) is 6.40. The van der Waals surface area contributed by atoms with Crippen molar-refractivity contribution in [2.45, 2.75) is 6.92 Å². The van der Waals surface area contributed by atoms with Crippen LogP contribution in [0.2, 0.25) is 0 Å². The smallest absolute Gasteiger partial charge is 0.135 e. The van der Waals surface area contributed by atoms with Crippen LogP contribution in [0, 0.1) is 0 Å². The fourth-order valence-corrected chi connectivity index (χ4v) is 3.13. The van der Waals surface area contributed by atoms with Crippen molar-refractivity contribution < 1.29 is 0 Å². The van der Waals surface area contributed by atoms with Gasteiger partial charge in [-0.05, 0) is 30.2 Å². The third-order valence-corrected chi connectivity index (χ3v) is 4.46. The maximum atomic E-state index is 4.62. The van der Waals surface area contributed by atoms with Gasteiger partial charge < -0.3 is 9.47 Å². The Hall–Kier alpha value is -3.14. The SMILES string of the molecule is CCN(c1cccc(-c2ccccc2)c1)c1cc2c(cn1)ncn2C. The molecule has 0 aliphatic heterocycles. The van der Waals surface area contributed by atoms with E-state index in [9.17, 15) is 0 Å². The maximum absolute atomic E-state index is 4.62. The van der Waals surface area contributed by atoms with Gasteiger partial charge in [0.15, 0.2) is 0 Å². The van der Waals surface area contributed by atoms with E-state index in [2.05, 4.69) is 76.4 Å². The first kappa shape index (κ1) is 15.4. The van der Waals surface area contributed by atoms with Gasteiger partial charge >= 0.3 is 0 Å². The number of pyridine rings is 1. The molecule has 2 heterocycles. The van der Waals surface area contributed by atoms with E-state index in [1.807, 2.05) is 30.2 Å². The topological polar surface area (TPSA) is 34.0 Å². The van der Waals surface area contributed by atoms with Gasteiger partial charge in [0, 0.05) is 25.3 Å². The normalized spacial score (nSPS) is 11.0. The molecule has 0 aliphatic rings. The van der Waals surface area contributed by atoms with E-state index in [4.69, 9.17) is 0 Å². The Kier molecular flexibility index (Phi) is 3.94. The van der Waals surface area contributed by atoms with Crippen LogP contribution in [0.3, 0.4) is 0 Å². The van der Waals surface area contributed by atoms with Crippen molar-refractivity contribution in [3.8, 4) is 11.1 Å². The highest BCUT2D eigenvalue weighted by Gasteiger charge is 2.12. The lowest BCUT2D eigenvalue weighted by molar-refractivity contribution is 0.944. The number of anilines is 2. The van der Waals surface area contributed by atoms with Gasteiger partial charge in [-0.25, -0.2) is 9.97 Å². The molecule has 0 saturated heterocycles. The van der Waals surface area contributed by atoms with Crippen molar-refractivity contribution in [3.05, 3.63) is 73.2 Å². The maximum Gasteiger partial charge on any atom is 0.135 e. The highest BCUT2D eigenvalue weighted by Crippen LogP contribution is 2.29. The largest absolute Gasteiger partial charge is 0.334 e. The van der Waals surface area contributed by atoms with Gasteiger partial charge in [0.2, 0.25) is 0 Å². The highest BCUT2D eigenvalue weighted by atomic mass is 15.2. The second-order valence-corrected chi connectivity index (χ2v) is 6.05. The number of hydrogen-bond donors (Lipinski definition) is 0.